The number of hydrogen-bond donors (Lipinski definition) is 2. The molecule has 104 valence electrons. The van der Waals surface area contributed by atoms with Gasteiger partial charge in [-0.05, 0) is 25.1 Å². The zero-order chi connectivity index (χ0) is 14.4. The highest BCUT2D eigenvalue weighted by Crippen LogP contribution is 2.10. The Morgan fingerprint density at radius 2 is 2.15 bits per heavy atom. The Morgan fingerprint density at radius 1 is 1.30 bits per heavy atom. The average molecular weight is 272 g/mol. The first-order valence-electron chi connectivity index (χ1n) is 6.28. The molecule has 6 nitrogen and oxygen atoms in total. The second kappa shape index (κ2) is 6.51. The van der Waals surface area contributed by atoms with Gasteiger partial charge in [0.1, 0.15) is 0 Å². The van der Waals surface area contributed by atoms with Crippen LogP contribution in [0.2, 0.25) is 0 Å². The second-order valence-electron chi connectivity index (χ2n) is 4.29. The van der Waals surface area contributed by atoms with E-state index in [0.29, 0.717) is 24.3 Å². The summed E-state index contributed by atoms with van der Waals surface area (Å²) >= 11 is 0. The summed E-state index contributed by atoms with van der Waals surface area (Å²) in [5.74, 6) is -0.0345. The quantitative estimate of drug-likeness (QED) is 0.816. The minimum Gasteiger partial charge on any atom is -0.336 e. The lowest BCUT2D eigenvalue weighted by Gasteiger charge is -2.08. The number of amides is 2. The standard InChI is InChI=1S/C14H16N4O2/c1-11(19)12-4-2-5-13(10-12)17-14(20)15-7-9-18-8-3-6-16-18/h2-6,8,10H,7,9H2,1H3,(H2,15,17,20). The molecule has 0 saturated heterocycles. The molecule has 6 heteroatoms. The van der Waals surface area contributed by atoms with Gasteiger partial charge in [-0.3, -0.25) is 9.48 Å². The van der Waals surface area contributed by atoms with Gasteiger partial charge in [-0.2, -0.15) is 5.10 Å². The van der Waals surface area contributed by atoms with Crippen LogP contribution in [0.3, 0.4) is 0 Å². The van der Waals surface area contributed by atoms with Gasteiger partial charge in [0.15, 0.2) is 5.78 Å². The summed E-state index contributed by atoms with van der Waals surface area (Å²) in [6, 6.07) is 8.35. The summed E-state index contributed by atoms with van der Waals surface area (Å²) in [6.07, 6.45) is 3.52. The smallest absolute Gasteiger partial charge is 0.319 e. The Hall–Kier alpha value is -2.63. The summed E-state index contributed by atoms with van der Waals surface area (Å²) in [5.41, 5.74) is 1.16. The molecule has 0 aliphatic rings. The van der Waals surface area contributed by atoms with E-state index in [0.717, 1.165) is 0 Å². The summed E-state index contributed by atoms with van der Waals surface area (Å²) in [6.45, 7) is 2.57. The number of hydrogen-bond acceptors (Lipinski definition) is 3. The van der Waals surface area contributed by atoms with Gasteiger partial charge in [-0.1, -0.05) is 12.1 Å². The lowest BCUT2D eigenvalue weighted by molar-refractivity contribution is 0.101. The third-order valence-corrected chi connectivity index (χ3v) is 2.71. The molecule has 0 aliphatic heterocycles. The van der Waals surface area contributed by atoms with Crippen molar-refractivity contribution in [2.45, 2.75) is 13.5 Å². The van der Waals surface area contributed by atoms with Crippen LogP contribution in [0.5, 0.6) is 0 Å². The van der Waals surface area contributed by atoms with Crippen LogP contribution in [0.4, 0.5) is 10.5 Å². The number of nitrogens with zero attached hydrogens (tertiary/aromatic N) is 2. The first-order valence-corrected chi connectivity index (χ1v) is 6.28. The lowest BCUT2D eigenvalue weighted by atomic mass is 10.1. The number of ketones is 1. The van der Waals surface area contributed by atoms with Crippen molar-refractivity contribution in [3.05, 3.63) is 48.3 Å². The Balaban J connectivity index is 1.82. The molecule has 0 unspecified atom stereocenters. The first kappa shape index (κ1) is 13.8. The summed E-state index contributed by atoms with van der Waals surface area (Å²) < 4.78 is 1.73. The lowest BCUT2D eigenvalue weighted by Crippen LogP contribution is -2.31. The van der Waals surface area contributed by atoms with Crippen molar-refractivity contribution in [3.63, 3.8) is 0 Å². The van der Waals surface area contributed by atoms with Crippen LogP contribution in [0, 0.1) is 0 Å². The molecule has 2 amide bonds. The number of aromatic nitrogens is 2. The molecule has 20 heavy (non-hydrogen) atoms. The van der Waals surface area contributed by atoms with E-state index in [4.69, 9.17) is 0 Å². The van der Waals surface area contributed by atoms with Crippen LogP contribution < -0.4 is 10.6 Å². The van der Waals surface area contributed by atoms with Crippen LogP contribution in [-0.2, 0) is 6.54 Å². The fourth-order valence-corrected chi connectivity index (χ4v) is 1.71. The molecule has 0 radical (unpaired) electrons. The number of anilines is 1. The fourth-order valence-electron chi connectivity index (χ4n) is 1.71. The molecule has 0 spiro atoms. The van der Waals surface area contributed by atoms with Gasteiger partial charge in [-0.25, -0.2) is 4.79 Å². The van der Waals surface area contributed by atoms with Crippen LogP contribution >= 0.6 is 0 Å². The van der Waals surface area contributed by atoms with Crippen LogP contribution in [0.1, 0.15) is 17.3 Å². The number of nitrogens with one attached hydrogen (secondary N) is 2. The maximum Gasteiger partial charge on any atom is 0.319 e. The monoisotopic (exact) mass is 272 g/mol. The zero-order valence-electron chi connectivity index (χ0n) is 11.2. The van der Waals surface area contributed by atoms with Crippen molar-refractivity contribution in [1.82, 2.24) is 15.1 Å². The SMILES string of the molecule is CC(=O)c1cccc(NC(=O)NCCn2cccn2)c1. The molecule has 1 heterocycles. The van der Waals surface area contributed by atoms with E-state index in [-0.39, 0.29) is 11.8 Å². The molecule has 1 aromatic heterocycles. The summed E-state index contributed by atoms with van der Waals surface area (Å²) in [4.78, 5) is 22.9. The molecular weight excluding hydrogens is 256 g/mol. The molecule has 2 aromatic rings. The van der Waals surface area contributed by atoms with E-state index < -0.39 is 0 Å². The van der Waals surface area contributed by atoms with Crippen LogP contribution in [0.15, 0.2) is 42.7 Å². The molecular formula is C14H16N4O2. The van der Waals surface area contributed by atoms with Crippen molar-refractivity contribution < 1.29 is 9.59 Å². The molecule has 2 N–H and O–H groups in total. The molecule has 2 rings (SSSR count). The number of carbonyl (C=O) groups excluding carboxylic acids is 2. The largest absolute Gasteiger partial charge is 0.336 e. The maximum atomic E-state index is 11.7. The van der Waals surface area contributed by atoms with E-state index in [2.05, 4.69) is 15.7 Å². The minimum atomic E-state index is -0.308. The molecule has 1 aromatic carbocycles. The van der Waals surface area contributed by atoms with Gasteiger partial charge in [0.2, 0.25) is 0 Å². The maximum absolute atomic E-state index is 11.7. The predicted octanol–water partition coefficient (Wildman–Crippen LogP) is 1.91. The third-order valence-electron chi connectivity index (χ3n) is 2.71. The van der Waals surface area contributed by atoms with Gasteiger partial charge in [0.05, 0.1) is 6.54 Å². The highest BCUT2D eigenvalue weighted by molar-refractivity contribution is 5.96. The van der Waals surface area contributed by atoms with Crippen molar-refractivity contribution in [1.29, 1.82) is 0 Å². The Bertz CT molecular complexity index is 593. The van der Waals surface area contributed by atoms with Gasteiger partial charge >= 0.3 is 6.03 Å². The molecule has 0 aliphatic carbocycles. The third kappa shape index (κ3) is 3.94. The van der Waals surface area contributed by atoms with Crippen LogP contribution in [-0.4, -0.2) is 28.1 Å². The first-order chi connectivity index (χ1) is 9.65. The number of carbonyl (C=O) groups is 2. The van der Waals surface area contributed by atoms with E-state index in [9.17, 15) is 9.59 Å². The van der Waals surface area contributed by atoms with Gasteiger partial charge in [0.25, 0.3) is 0 Å². The highest BCUT2D eigenvalue weighted by atomic mass is 16.2. The molecule has 0 bridgehead atoms. The molecule has 0 atom stereocenters. The topological polar surface area (TPSA) is 76.0 Å². The van der Waals surface area contributed by atoms with Crippen molar-refractivity contribution in [2.24, 2.45) is 0 Å². The Morgan fingerprint density at radius 3 is 2.85 bits per heavy atom. The van der Waals surface area contributed by atoms with Gasteiger partial charge < -0.3 is 10.6 Å². The number of urea groups is 1. The van der Waals surface area contributed by atoms with Crippen molar-refractivity contribution in [2.75, 3.05) is 11.9 Å². The number of benzene rings is 1. The highest BCUT2D eigenvalue weighted by Gasteiger charge is 2.04. The summed E-state index contributed by atoms with van der Waals surface area (Å²) in [7, 11) is 0. The van der Waals surface area contributed by atoms with Gasteiger partial charge in [-0.15, -0.1) is 0 Å². The van der Waals surface area contributed by atoms with E-state index in [1.54, 1.807) is 35.1 Å². The normalized spacial score (nSPS) is 10.1. The van der Waals surface area contributed by atoms with E-state index >= 15 is 0 Å². The molecule has 0 fully saturated rings. The summed E-state index contributed by atoms with van der Waals surface area (Å²) in [5, 5.41) is 9.44. The van der Waals surface area contributed by atoms with Crippen molar-refractivity contribution in [3.8, 4) is 0 Å². The number of rotatable bonds is 5. The predicted molar refractivity (Wildman–Crippen MR) is 75.7 cm³/mol. The van der Waals surface area contributed by atoms with E-state index in [1.807, 2.05) is 12.3 Å². The Labute approximate surface area is 116 Å². The fraction of sp³-hybridized carbons (Fsp3) is 0.214. The Kier molecular flexibility index (Phi) is 4.49. The van der Waals surface area contributed by atoms with Crippen molar-refractivity contribution >= 4 is 17.5 Å². The second-order valence-corrected chi connectivity index (χ2v) is 4.29. The minimum absolute atomic E-state index is 0.0345. The van der Waals surface area contributed by atoms with Gasteiger partial charge in [0, 0.05) is 30.2 Å². The zero-order valence-corrected chi connectivity index (χ0v) is 11.2. The van der Waals surface area contributed by atoms with Crippen LogP contribution in [0.25, 0.3) is 0 Å². The molecule has 0 saturated carbocycles. The number of Topliss-reactive ketones (excluding diaryl/α,β-unsaturated/α-hetero) is 1. The average Bonchev–Trinajstić information content (AvgIpc) is 2.92. The van der Waals surface area contributed by atoms with E-state index in [1.165, 1.54) is 6.92 Å².